The lowest BCUT2D eigenvalue weighted by Gasteiger charge is -2.42. The van der Waals surface area contributed by atoms with Crippen LogP contribution in [0, 0.1) is 12.3 Å². The minimum Gasteiger partial charge on any atom is -0.493 e. The standard InChI is InChI=1S/C25H29N5O3/c1-16-5-8-21(32-4)23-18(16)7-6-17(33-23)12-29-13-25(2,3)14-30-22(31)11-20(28-24(29)30)19-9-10-26-15-27-19/h5,8-11,15,17H,6-7,12-14H2,1-4H3. The molecule has 0 fully saturated rings. The quantitative estimate of drug-likeness (QED) is 0.607. The van der Waals surface area contributed by atoms with E-state index in [4.69, 9.17) is 14.5 Å². The smallest absolute Gasteiger partial charge is 0.255 e. The van der Waals surface area contributed by atoms with E-state index in [0.29, 0.717) is 30.4 Å². The fourth-order valence-electron chi connectivity index (χ4n) is 4.88. The highest BCUT2D eigenvalue weighted by atomic mass is 16.5. The summed E-state index contributed by atoms with van der Waals surface area (Å²) in [5.41, 5.74) is 3.49. The molecule has 1 unspecified atom stereocenters. The number of rotatable bonds is 4. The van der Waals surface area contributed by atoms with Crippen LogP contribution in [0.4, 0.5) is 5.95 Å². The molecule has 172 valence electrons. The van der Waals surface area contributed by atoms with Crippen molar-refractivity contribution in [3.05, 3.63) is 58.3 Å². The lowest BCUT2D eigenvalue weighted by Crippen LogP contribution is -2.50. The molecule has 0 spiro atoms. The SMILES string of the molecule is COc1ccc(C)c2c1OC(CN1CC(C)(C)Cn3c1nc(-c1ccncn1)cc3=O)CC2. The Kier molecular flexibility index (Phi) is 5.31. The van der Waals surface area contributed by atoms with Gasteiger partial charge in [-0.3, -0.25) is 9.36 Å². The molecule has 33 heavy (non-hydrogen) atoms. The lowest BCUT2D eigenvalue weighted by atomic mass is 9.90. The van der Waals surface area contributed by atoms with E-state index in [1.165, 1.54) is 17.5 Å². The Labute approximate surface area is 193 Å². The first kappa shape index (κ1) is 21.4. The highest BCUT2D eigenvalue weighted by Crippen LogP contribution is 2.39. The molecule has 8 nitrogen and oxygen atoms in total. The summed E-state index contributed by atoms with van der Waals surface area (Å²) in [4.78, 5) is 28.4. The number of fused-ring (bicyclic) bond motifs is 2. The number of hydrogen-bond donors (Lipinski definition) is 0. The maximum atomic E-state index is 13.1. The molecule has 8 heteroatoms. The van der Waals surface area contributed by atoms with Gasteiger partial charge in [0.2, 0.25) is 5.95 Å². The highest BCUT2D eigenvalue weighted by Gasteiger charge is 2.35. The molecule has 0 N–H and O–H groups in total. The van der Waals surface area contributed by atoms with Crippen LogP contribution in [0.15, 0.2) is 41.6 Å². The normalized spacial score (nSPS) is 18.8. The molecular formula is C25H29N5O3. The monoisotopic (exact) mass is 447 g/mol. The average molecular weight is 448 g/mol. The molecule has 3 aromatic rings. The molecule has 0 saturated heterocycles. The number of hydrogen-bond acceptors (Lipinski definition) is 7. The van der Waals surface area contributed by atoms with Crippen LogP contribution >= 0.6 is 0 Å². The van der Waals surface area contributed by atoms with Gasteiger partial charge in [0.25, 0.3) is 5.56 Å². The Hall–Kier alpha value is -3.42. The largest absolute Gasteiger partial charge is 0.493 e. The van der Waals surface area contributed by atoms with Crippen molar-refractivity contribution >= 4 is 5.95 Å². The van der Waals surface area contributed by atoms with Crippen molar-refractivity contribution in [2.75, 3.05) is 25.1 Å². The van der Waals surface area contributed by atoms with Gasteiger partial charge in [0.1, 0.15) is 12.4 Å². The highest BCUT2D eigenvalue weighted by molar-refractivity contribution is 5.56. The Morgan fingerprint density at radius 2 is 2.06 bits per heavy atom. The van der Waals surface area contributed by atoms with Crippen molar-refractivity contribution in [2.45, 2.75) is 46.3 Å². The van der Waals surface area contributed by atoms with Gasteiger partial charge in [0.05, 0.1) is 25.0 Å². The topological polar surface area (TPSA) is 82.4 Å². The van der Waals surface area contributed by atoms with Gasteiger partial charge in [-0.25, -0.2) is 15.0 Å². The summed E-state index contributed by atoms with van der Waals surface area (Å²) in [5.74, 6) is 2.27. The Morgan fingerprint density at radius 1 is 1.21 bits per heavy atom. The molecule has 2 aromatic heterocycles. The second-order valence-corrected chi connectivity index (χ2v) is 9.68. The van der Waals surface area contributed by atoms with E-state index in [9.17, 15) is 4.79 Å². The van der Waals surface area contributed by atoms with Gasteiger partial charge in [-0.05, 0) is 37.5 Å². The van der Waals surface area contributed by atoms with E-state index >= 15 is 0 Å². The number of methoxy groups -OCH3 is 1. The van der Waals surface area contributed by atoms with E-state index in [0.717, 1.165) is 30.9 Å². The number of nitrogens with zero attached hydrogens (tertiary/aromatic N) is 5. The van der Waals surface area contributed by atoms with Gasteiger partial charge in [-0.1, -0.05) is 19.9 Å². The third kappa shape index (κ3) is 4.05. The number of aryl methyl sites for hydroxylation is 1. The molecule has 0 radical (unpaired) electrons. The fraction of sp³-hybridized carbons (Fsp3) is 0.440. The first-order chi connectivity index (χ1) is 15.8. The molecule has 0 bridgehead atoms. The van der Waals surface area contributed by atoms with E-state index in [2.05, 4.69) is 41.7 Å². The van der Waals surface area contributed by atoms with Crippen LogP contribution < -0.4 is 19.9 Å². The summed E-state index contributed by atoms with van der Waals surface area (Å²) in [7, 11) is 1.67. The van der Waals surface area contributed by atoms with Crippen molar-refractivity contribution in [1.82, 2.24) is 19.5 Å². The molecule has 0 saturated carbocycles. The van der Waals surface area contributed by atoms with Crippen LogP contribution in [0.5, 0.6) is 11.5 Å². The third-order valence-corrected chi connectivity index (χ3v) is 6.42. The minimum absolute atomic E-state index is 0.0323. The van der Waals surface area contributed by atoms with Crippen molar-refractivity contribution < 1.29 is 9.47 Å². The predicted octanol–water partition coefficient (Wildman–Crippen LogP) is 3.26. The Balaban J connectivity index is 1.49. The maximum Gasteiger partial charge on any atom is 0.255 e. The van der Waals surface area contributed by atoms with Crippen LogP contribution in [0.25, 0.3) is 11.4 Å². The summed E-state index contributed by atoms with van der Waals surface area (Å²) < 4.78 is 13.8. The molecule has 4 heterocycles. The number of benzene rings is 1. The zero-order valence-electron chi connectivity index (χ0n) is 19.5. The van der Waals surface area contributed by atoms with Gasteiger partial charge >= 0.3 is 0 Å². The Morgan fingerprint density at radius 3 is 2.82 bits per heavy atom. The average Bonchev–Trinajstić information content (AvgIpc) is 2.80. The van der Waals surface area contributed by atoms with Crippen LogP contribution in [0.2, 0.25) is 0 Å². The van der Waals surface area contributed by atoms with Crippen molar-refractivity contribution in [1.29, 1.82) is 0 Å². The minimum atomic E-state index is -0.0736. The molecule has 2 aliphatic heterocycles. The second kappa shape index (κ2) is 8.17. The van der Waals surface area contributed by atoms with Crippen molar-refractivity contribution in [3.8, 4) is 22.9 Å². The van der Waals surface area contributed by atoms with E-state index in [1.807, 2.05) is 6.07 Å². The van der Waals surface area contributed by atoms with Crippen LogP contribution in [0.1, 0.15) is 31.4 Å². The molecule has 1 aromatic carbocycles. The molecule has 1 atom stereocenters. The van der Waals surface area contributed by atoms with E-state index in [-0.39, 0.29) is 17.1 Å². The van der Waals surface area contributed by atoms with Crippen molar-refractivity contribution in [3.63, 3.8) is 0 Å². The zero-order chi connectivity index (χ0) is 23.2. The second-order valence-electron chi connectivity index (χ2n) is 9.68. The summed E-state index contributed by atoms with van der Waals surface area (Å²) in [5, 5.41) is 0. The molecule has 2 aliphatic rings. The number of ether oxygens (including phenoxy) is 2. The fourth-order valence-corrected chi connectivity index (χ4v) is 4.88. The zero-order valence-corrected chi connectivity index (χ0v) is 19.5. The van der Waals surface area contributed by atoms with Gasteiger partial charge in [0.15, 0.2) is 11.5 Å². The van der Waals surface area contributed by atoms with Gasteiger partial charge in [-0.2, -0.15) is 0 Å². The van der Waals surface area contributed by atoms with Crippen LogP contribution in [0.3, 0.4) is 0 Å². The van der Waals surface area contributed by atoms with Crippen LogP contribution in [-0.4, -0.2) is 45.8 Å². The summed E-state index contributed by atoms with van der Waals surface area (Å²) in [6.07, 6.45) is 4.92. The van der Waals surface area contributed by atoms with Crippen LogP contribution in [-0.2, 0) is 13.0 Å². The Bertz CT molecular complexity index is 1240. The van der Waals surface area contributed by atoms with E-state index in [1.54, 1.807) is 30.0 Å². The summed E-state index contributed by atoms with van der Waals surface area (Å²) >= 11 is 0. The number of anilines is 1. The maximum absolute atomic E-state index is 13.1. The first-order valence-electron chi connectivity index (χ1n) is 11.3. The third-order valence-electron chi connectivity index (χ3n) is 6.42. The van der Waals surface area contributed by atoms with Crippen molar-refractivity contribution in [2.24, 2.45) is 5.41 Å². The van der Waals surface area contributed by atoms with Gasteiger partial charge in [-0.15, -0.1) is 0 Å². The summed E-state index contributed by atoms with van der Waals surface area (Å²) in [6, 6.07) is 7.37. The molecule has 0 aliphatic carbocycles. The lowest BCUT2D eigenvalue weighted by molar-refractivity contribution is 0.161. The van der Waals surface area contributed by atoms with Gasteiger partial charge in [0, 0.05) is 36.3 Å². The summed E-state index contributed by atoms with van der Waals surface area (Å²) in [6.45, 7) is 8.50. The van der Waals surface area contributed by atoms with Gasteiger partial charge < -0.3 is 14.4 Å². The molecular weight excluding hydrogens is 418 g/mol. The predicted molar refractivity (Wildman–Crippen MR) is 126 cm³/mol. The van der Waals surface area contributed by atoms with E-state index < -0.39 is 0 Å². The molecule has 5 rings (SSSR count). The molecule has 0 amide bonds. The first-order valence-corrected chi connectivity index (χ1v) is 11.3. The number of aromatic nitrogens is 4.